The molecular weight excluding hydrogens is 658 g/mol. The zero-order valence-corrected chi connectivity index (χ0v) is 30.0. The van der Waals surface area contributed by atoms with Crippen LogP contribution in [0.5, 0.6) is 5.75 Å². The number of hydrogen-bond donors (Lipinski definition) is 3. The fourth-order valence-corrected chi connectivity index (χ4v) is 6.05. The predicted molar refractivity (Wildman–Crippen MR) is 148 cm³/mol. The van der Waals surface area contributed by atoms with Crippen molar-refractivity contribution < 1.29 is 103 Å². The molecule has 0 aliphatic carbocycles. The van der Waals surface area contributed by atoms with E-state index in [1.54, 1.807) is 6.92 Å². The van der Waals surface area contributed by atoms with Crippen molar-refractivity contribution in [3.05, 3.63) is 72.3 Å². The number of sulfonamides is 1. The van der Waals surface area contributed by atoms with Crippen LogP contribution in [0.25, 0.3) is 10.8 Å². The van der Waals surface area contributed by atoms with Crippen LogP contribution in [0, 0.1) is 6.92 Å². The molecule has 0 radical (unpaired) electrons. The van der Waals surface area contributed by atoms with Crippen LogP contribution in [0.4, 0.5) is 22.7 Å². The maximum absolute atomic E-state index is 13.6. The fourth-order valence-electron chi connectivity index (χ4n) is 3.80. The Labute approximate surface area is 297 Å². The van der Waals surface area contributed by atoms with Gasteiger partial charge in [0, 0.05) is 18.0 Å². The molecular formula is C25H20N4Na2O10S3. The van der Waals surface area contributed by atoms with Gasteiger partial charge in [0.2, 0.25) is 5.91 Å². The Morgan fingerprint density at radius 3 is 1.95 bits per heavy atom. The van der Waals surface area contributed by atoms with E-state index >= 15 is 0 Å². The molecule has 14 nitrogen and oxygen atoms in total. The number of nitrogens with one attached hydrogen (secondary N) is 2. The Balaban J connectivity index is 0.00000337. The Morgan fingerprint density at radius 1 is 0.841 bits per heavy atom. The van der Waals surface area contributed by atoms with E-state index in [1.165, 1.54) is 55.5 Å². The molecule has 0 bridgehead atoms. The van der Waals surface area contributed by atoms with Crippen LogP contribution in [0.3, 0.4) is 0 Å². The van der Waals surface area contributed by atoms with E-state index in [0.29, 0.717) is 23.9 Å². The van der Waals surface area contributed by atoms with Gasteiger partial charge in [-0.3, -0.25) is 14.1 Å². The summed E-state index contributed by atoms with van der Waals surface area (Å²) < 4.78 is 98.0. The summed E-state index contributed by atoms with van der Waals surface area (Å²) in [5.41, 5.74) is -0.351. The van der Waals surface area contributed by atoms with Gasteiger partial charge in [-0.05, 0) is 66.9 Å². The monoisotopic (exact) mass is 678 g/mol. The molecule has 4 rings (SSSR count). The number of anilines is 2. The molecule has 0 unspecified atom stereocenters. The number of azo groups is 1. The van der Waals surface area contributed by atoms with Crippen LogP contribution in [0.1, 0.15) is 12.5 Å². The topological polar surface area (TPSA) is 235 Å². The molecule has 0 aliphatic rings. The van der Waals surface area contributed by atoms with Crippen molar-refractivity contribution in [2.45, 2.75) is 28.5 Å². The summed E-state index contributed by atoms with van der Waals surface area (Å²) in [6.07, 6.45) is 0. The van der Waals surface area contributed by atoms with Crippen LogP contribution in [-0.2, 0) is 35.1 Å². The van der Waals surface area contributed by atoms with Gasteiger partial charge in [-0.25, -0.2) is 16.8 Å². The molecule has 0 aromatic heterocycles. The average Bonchev–Trinajstić information content (AvgIpc) is 2.87. The van der Waals surface area contributed by atoms with Gasteiger partial charge in [-0.2, -0.15) is 13.5 Å². The minimum Gasteiger partial charge on any atom is -0.870 e. The summed E-state index contributed by atoms with van der Waals surface area (Å²) in [5, 5.41) is 22.6. The van der Waals surface area contributed by atoms with Crippen molar-refractivity contribution in [1.82, 2.24) is 0 Å². The fraction of sp³-hybridized carbons (Fsp3) is 0.0800. The van der Waals surface area contributed by atoms with E-state index in [-0.39, 0.29) is 75.6 Å². The van der Waals surface area contributed by atoms with Crippen LogP contribution < -0.4 is 74.3 Å². The summed E-state index contributed by atoms with van der Waals surface area (Å²) in [6.45, 7) is 3.01. The second kappa shape index (κ2) is 14.3. The molecule has 220 valence electrons. The third-order valence-electron chi connectivity index (χ3n) is 5.70. The molecule has 4 aromatic rings. The molecule has 0 aliphatic heterocycles. The zero-order valence-electron chi connectivity index (χ0n) is 23.6. The van der Waals surface area contributed by atoms with Crippen molar-refractivity contribution in [1.29, 1.82) is 0 Å². The predicted octanol–water partition coefficient (Wildman–Crippen LogP) is -2.44. The summed E-state index contributed by atoms with van der Waals surface area (Å²) in [6, 6.07) is 13.1. The van der Waals surface area contributed by atoms with Crippen molar-refractivity contribution in [3.63, 3.8) is 0 Å². The molecule has 0 atom stereocenters. The summed E-state index contributed by atoms with van der Waals surface area (Å²) in [4.78, 5) is 8.89. The van der Waals surface area contributed by atoms with Crippen LogP contribution in [-0.4, -0.2) is 40.3 Å². The average molecular weight is 679 g/mol. The Bertz CT molecular complexity index is 2090. The number of rotatable bonds is 8. The number of nitrogens with zero attached hydrogens (tertiary/aromatic N) is 2. The van der Waals surface area contributed by atoms with Gasteiger partial charge in [0.25, 0.3) is 20.1 Å². The molecule has 19 heteroatoms. The number of hydrogen-bond acceptors (Lipinski definition) is 11. The van der Waals surface area contributed by atoms with Crippen molar-refractivity contribution in [2.75, 3.05) is 10.0 Å². The second-order valence-corrected chi connectivity index (χ2v) is 13.3. The molecule has 1 amide bonds. The van der Waals surface area contributed by atoms with Crippen LogP contribution >= 0.6 is 0 Å². The summed E-state index contributed by atoms with van der Waals surface area (Å²) in [5.74, 6) is -1.59. The number of carbonyl (C=O) groups is 1. The first-order valence-electron chi connectivity index (χ1n) is 11.6. The van der Waals surface area contributed by atoms with Crippen molar-refractivity contribution >= 4 is 69.7 Å². The molecule has 44 heavy (non-hydrogen) atoms. The van der Waals surface area contributed by atoms with E-state index < -0.39 is 67.9 Å². The van der Waals surface area contributed by atoms with Gasteiger partial charge >= 0.3 is 59.1 Å². The standard InChI is InChI=1S/C25H22N4O10S3.2Na/c1-14-3-9-19(10-4-14)40(32,33)29-21-13-20(41(34,35)36)11-16-12-22(42(37,38)39)24(25(31)23(16)21)28-27-18-7-5-17(6-8-18)26-15(2)30;;/h3-13,29,31H,1-2H3,(H,26,30)(H,34,35,36)(H,37,38,39);;/q;2*+1/p-2. The van der Waals surface area contributed by atoms with Gasteiger partial charge in [0.15, 0.2) is 0 Å². The summed E-state index contributed by atoms with van der Waals surface area (Å²) in [7, 11) is -14.9. The van der Waals surface area contributed by atoms with Crippen molar-refractivity contribution in [3.8, 4) is 5.75 Å². The smallest absolute Gasteiger partial charge is 0.870 e. The number of amides is 1. The largest absolute Gasteiger partial charge is 1.00 e. The maximum atomic E-state index is 13.6. The van der Waals surface area contributed by atoms with Gasteiger partial charge < -0.3 is 15.0 Å². The number of benzene rings is 4. The molecule has 3 N–H and O–H groups in total. The van der Waals surface area contributed by atoms with Gasteiger partial charge in [0.1, 0.15) is 15.0 Å². The normalized spacial score (nSPS) is 11.9. The van der Waals surface area contributed by atoms with Crippen LogP contribution in [0.2, 0.25) is 0 Å². The Hall–Kier alpha value is -2.42. The maximum Gasteiger partial charge on any atom is 1.00 e. The minimum atomic E-state index is -5.24. The number of aryl methyl sites for hydroxylation is 1. The molecule has 0 saturated carbocycles. The molecule has 4 aromatic carbocycles. The SMILES string of the molecule is CC(=O)Nc1ccc(N=Nc2c(S(=O)(=O)O)cc3cc(S(=O)(=O)[O-])cc(NS(=O)(=O)c4ccc(C)cc4)c3c2[O-])cc1.[Na+].[Na+]. The van der Waals surface area contributed by atoms with E-state index in [9.17, 15) is 44.3 Å². The van der Waals surface area contributed by atoms with Crippen LogP contribution in [0.15, 0.2) is 91.6 Å². The van der Waals surface area contributed by atoms with E-state index in [1.807, 2.05) is 0 Å². The molecule has 0 saturated heterocycles. The first-order valence-corrected chi connectivity index (χ1v) is 15.9. The quantitative estimate of drug-likeness (QED) is 0.101. The van der Waals surface area contributed by atoms with E-state index in [0.717, 1.165) is 5.56 Å². The van der Waals surface area contributed by atoms with E-state index in [4.69, 9.17) is 0 Å². The minimum absolute atomic E-state index is 0. The third-order valence-corrected chi connectivity index (χ3v) is 8.76. The Morgan fingerprint density at radius 2 is 1.43 bits per heavy atom. The third kappa shape index (κ3) is 8.85. The first-order chi connectivity index (χ1) is 19.5. The molecule has 0 heterocycles. The second-order valence-electron chi connectivity index (χ2n) is 8.90. The van der Waals surface area contributed by atoms with Crippen molar-refractivity contribution in [2.24, 2.45) is 10.2 Å². The van der Waals surface area contributed by atoms with E-state index in [2.05, 4.69) is 20.3 Å². The number of carbonyl (C=O) groups excluding carboxylic acids is 1. The van der Waals surface area contributed by atoms with Gasteiger partial charge in [0.05, 0.1) is 26.9 Å². The molecule has 0 fully saturated rings. The number of fused-ring (bicyclic) bond motifs is 1. The zero-order chi connectivity index (χ0) is 31.0. The van der Waals surface area contributed by atoms with Gasteiger partial charge in [-0.15, -0.1) is 5.11 Å². The van der Waals surface area contributed by atoms with Gasteiger partial charge in [-0.1, -0.05) is 23.4 Å². The first kappa shape index (κ1) is 37.8. The Kier molecular flexibility index (Phi) is 12.3. The molecule has 0 spiro atoms. The summed E-state index contributed by atoms with van der Waals surface area (Å²) >= 11 is 0.